The topological polar surface area (TPSA) is 44.5 Å². The molecule has 0 amide bonds. The minimum absolute atomic E-state index is 0.252. The Hall–Kier alpha value is -1.22. The van der Waals surface area contributed by atoms with E-state index < -0.39 is 0 Å². The van der Waals surface area contributed by atoms with Crippen LogP contribution in [-0.4, -0.2) is 19.3 Å². The third-order valence-corrected chi connectivity index (χ3v) is 2.70. The van der Waals surface area contributed by atoms with Crippen molar-refractivity contribution in [2.45, 2.75) is 25.9 Å². The largest absolute Gasteiger partial charge is 0.488 e. The quantitative estimate of drug-likeness (QED) is 0.755. The Kier molecular flexibility index (Phi) is 3.11. The van der Waals surface area contributed by atoms with Gasteiger partial charge in [0.25, 0.3) is 0 Å². The molecule has 0 spiro atoms. The Balaban J connectivity index is 2.09. The van der Waals surface area contributed by atoms with Crippen molar-refractivity contribution < 1.29 is 9.47 Å². The van der Waals surface area contributed by atoms with Gasteiger partial charge in [-0.15, -0.1) is 0 Å². The summed E-state index contributed by atoms with van der Waals surface area (Å²) in [5.41, 5.74) is 7.70. The number of para-hydroxylation sites is 1. The van der Waals surface area contributed by atoms with Gasteiger partial charge in [0.05, 0.1) is 18.9 Å². The average molecular weight is 207 g/mol. The second-order valence-corrected chi connectivity index (χ2v) is 3.92. The van der Waals surface area contributed by atoms with E-state index in [1.165, 1.54) is 0 Å². The fourth-order valence-electron chi connectivity index (χ4n) is 1.80. The lowest BCUT2D eigenvalue weighted by Gasteiger charge is -2.24. The summed E-state index contributed by atoms with van der Waals surface area (Å²) in [6.45, 7) is 3.60. The van der Waals surface area contributed by atoms with Crippen molar-refractivity contribution in [3.8, 4) is 5.75 Å². The molecule has 2 N–H and O–H groups in total. The first-order valence-electron chi connectivity index (χ1n) is 5.37. The molecule has 1 aromatic carbocycles. The van der Waals surface area contributed by atoms with E-state index in [9.17, 15) is 0 Å². The molecular weight excluding hydrogens is 190 g/mol. The molecule has 0 aromatic heterocycles. The van der Waals surface area contributed by atoms with Crippen molar-refractivity contribution in [3.63, 3.8) is 0 Å². The second kappa shape index (κ2) is 4.53. The van der Waals surface area contributed by atoms with Crippen LogP contribution in [0.1, 0.15) is 18.4 Å². The Morgan fingerprint density at radius 1 is 1.33 bits per heavy atom. The van der Waals surface area contributed by atoms with Crippen LogP contribution in [0.25, 0.3) is 0 Å². The van der Waals surface area contributed by atoms with Gasteiger partial charge >= 0.3 is 0 Å². The van der Waals surface area contributed by atoms with Crippen molar-refractivity contribution in [3.05, 3.63) is 23.8 Å². The molecule has 0 radical (unpaired) electrons. The maximum absolute atomic E-state index is 5.91. The third kappa shape index (κ3) is 2.42. The molecule has 0 unspecified atom stereocenters. The van der Waals surface area contributed by atoms with Crippen LogP contribution in [0.2, 0.25) is 0 Å². The number of benzene rings is 1. The lowest BCUT2D eigenvalue weighted by molar-refractivity contribution is 0.0256. The van der Waals surface area contributed by atoms with E-state index in [4.69, 9.17) is 15.2 Å². The van der Waals surface area contributed by atoms with Gasteiger partial charge in [0.2, 0.25) is 0 Å². The Morgan fingerprint density at radius 2 is 2.07 bits per heavy atom. The number of nitrogens with two attached hydrogens (primary N) is 1. The summed E-state index contributed by atoms with van der Waals surface area (Å²) in [6, 6.07) is 5.84. The van der Waals surface area contributed by atoms with E-state index >= 15 is 0 Å². The van der Waals surface area contributed by atoms with Crippen molar-refractivity contribution >= 4 is 5.69 Å². The summed E-state index contributed by atoms with van der Waals surface area (Å²) >= 11 is 0. The van der Waals surface area contributed by atoms with Crippen LogP contribution in [0.3, 0.4) is 0 Å². The molecule has 1 aliphatic heterocycles. The third-order valence-electron chi connectivity index (χ3n) is 2.70. The summed E-state index contributed by atoms with van der Waals surface area (Å²) in [5.74, 6) is 0.837. The normalized spacial score (nSPS) is 17.7. The fraction of sp³-hybridized carbons (Fsp3) is 0.500. The minimum atomic E-state index is 0.252. The first-order chi connectivity index (χ1) is 7.27. The number of nitrogen functional groups attached to an aromatic ring is 1. The van der Waals surface area contributed by atoms with E-state index in [1.807, 2.05) is 25.1 Å². The number of hydrogen-bond donors (Lipinski definition) is 1. The zero-order chi connectivity index (χ0) is 10.7. The molecule has 3 heteroatoms. The fourth-order valence-corrected chi connectivity index (χ4v) is 1.80. The number of ether oxygens (including phenoxy) is 2. The number of hydrogen-bond acceptors (Lipinski definition) is 3. The molecule has 1 saturated heterocycles. The molecule has 0 saturated carbocycles. The molecule has 0 bridgehead atoms. The second-order valence-electron chi connectivity index (χ2n) is 3.92. The van der Waals surface area contributed by atoms with Gasteiger partial charge in [-0.25, -0.2) is 0 Å². The Labute approximate surface area is 90.2 Å². The highest BCUT2D eigenvalue weighted by Crippen LogP contribution is 2.28. The monoisotopic (exact) mass is 207 g/mol. The Morgan fingerprint density at radius 3 is 2.73 bits per heavy atom. The summed E-state index contributed by atoms with van der Waals surface area (Å²) in [4.78, 5) is 0. The van der Waals surface area contributed by atoms with Gasteiger partial charge in [-0.3, -0.25) is 0 Å². The van der Waals surface area contributed by atoms with Crippen LogP contribution in [0.15, 0.2) is 18.2 Å². The molecule has 1 aliphatic rings. The maximum Gasteiger partial charge on any atom is 0.145 e. The van der Waals surface area contributed by atoms with E-state index in [0.717, 1.165) is 43.1 Å². The van der Waals surface area contributed by atoms with Gasteiger partial charge in [0.1, 0.15) is 11.9 Å². The number of rotatable bonds is 2. The molecule has 0 atom stereocenters. The van der Waals surface area contributed by atoms with Gasteiger partial charge in [-0.2, -0.15) is 0 Å². The number of anilines is 1. The predicted octanol–water partition coefficient (Wildman–Crippen LogP) is 2.14. The Bertz CT molecular complexity index is 312. The van der Waals surface area contributed by atoms with Crippen molar-refractivity contribution in [1.82, 2.24) is 0 Å². The molecular formula is C12H17NO2. The molecule has 3 nitrogen and oxygen atoms in total. The van der Waals surface area contributed by atoms with Crippen LogP contribution in [0.5, 0.6) is 5.75 Å². The van der Waals surface area contributed by atoms with Crippen molar-refractivity contribution in [2.24, 2.45) is 0 Å². The summed E-state index contributed by atoms with van der Waals surface area (Å²) < 4.78 is 11.2. The van der Waals surface area contributed by atoms with Crippen LogP contribution in [0.4, 0.5) is 5.69 Å². The van der Waals surface area contributed by atoms with Crippen LogP contribution in [0, 0.1) is 6.92 Å². The zero-order valence-electron chi connectivity index (χ0n) is 9.03. The van der Waals surface area contributed by atoms with Gasteiger partial charge in [-0.05, 0) is 18.6 Å². The van der Waals surface area contributed by atoms with Crippen molar-refractivity contribution in [2.75, 3.05) is 18.9 Å². The van der Waals surface area contributed by atoms with Gasteiger partial charge in [-0.1, -0.05) is 12.1 Å². The van der Waals surface area contributed by atoms with E-state index in [0.29, 0.717) is 0 Å². The molecule has 1 fully saturated rings. The molecule has 82 valence electrons. The van der Waals surface area contributed by atoms with E-state index in [2.05, 4.69) is 0 Å². The van der Waals surface area contributed by atoms with Gasteiger partial charge in [0.15, 0.2) is 0 Å². The smallest absolute Gasteiger partial charge is 0.145 e. The van der Waals surface area contributed by atoms with E-state index in [1.54, 1.807) is 0 Å². The maximum atomic E-state index is 5.91. The molecule has 0 aliphatic carbocycles. The first-order valence-corrected chi connectivity index (χ1v) is 5.37. The standard InChI is InChI=1S/C12H17NO2/c1-9-3-2-4-11(13)12(9)15-10-5-7-14-8-6-10/h2-4,10H,5-8,13H2,1H3. The average Bonchev–Trinajstić information content (AvgIpc) is 2.25. The zero-order valence-corrected chi connectivity index (χ0v) is 9.03. The highest BCUT2D eigenvalue weighted by molar-refractivity contribution is 5.56. The van der Waals surface area contributed by atoms with E-state index in [-0.39, 0.29) is 6.10 Å². The van der Waals surface area contributed by atoms with Crippen molar-refractivity contribution in [1.29, 1.82) is 0 Å². The van der Waals surface area contributed by atoms with Gasteiger partial charge in [0, 0.05) is 12.8 Å². The molecule has 1 heterocycles. The summed E-state index contributed by atoms with van der Waals surface area (Å²) in [5, 5.41) is 0. The SMILES string of the molecule is Cc1cccc(N)c1OC1CCOCC1. The lowest BCUT2D eigenvalue weighted by Crippen LogP contribution is -2.26. The van der Waals surface area contributed by atoms with Crippen LogP contribution >= 0.6 is 0 Å². The molecule has 2 rings (SSSR count). The van der Waals surface area contributed by atoms with Crippen LogP contribution < -0.4 is 10.5 Å². The minimum Gasteiger partial charge on any atom is -0.488 e. The summed E-state index contributed by atoms with van der Waals surface area (Å²) in [6.07, 6.45) is 2.16. The predicted molar refractivity (Wildman–Crippen MR) is 60.1 cm³/mol. The molecule has 1 aromatic rings. The summed E-state index contributed by atoms with van der Waals surface area (Å²) in [7, 11) is 0. The van der Waals surface area contributed by atoms with Crippen LogP contribution in [-0.2, 0) is 4.74 Å². The number of aryl methyl sites for hydroxylation is 1. The lowest BCUT2D eigenvalue weighted by atomic mass is 10.1. The first kappa shape index (κ1) is 10.3. The molecule has 15 heavy (non-hydrogen) atoms. The highest BCUT2D eigenvalue weighted by Gasteiger charge is 2.17. The highest BCUT2D eigenvalue weighted by atomic mass is 16.5. The van der Waals surface area contributed by atoms with Gasteiger partial charge < -0.3 is 15.2 Å².